The lowest BCUT2D eigenvalue weighted by Crippen LogP contribution is -2.02. The highest BCUT2D eigenvalue weighted by Gasteiger charge is 2.26. The van der Waals surface area contributed by atoms with Crippen LogP contribution in [0.1, 0.15) is 91.2 Å². The van der Waals surface area contributed by atoms with Gasteiger partial charge >= 0.3 is 0 Å². The van der Waals surface area contributed by atoms with Crippen LogP contribution < -0.4 is 0 Å². The highest BCUT2D eigenvalue weighted by Crippen LogP contribution is 2.45. The first-order chi connectivity index (χ1) is 16.7. The summed E-state index contributed by atoms with van der Waals surface area (Å²) >= 11 is 0. The van der Waals surface area contributed by atoms with Crippen molar-refractivity contribution in [1.29, 1.82) is 0 Å². The summed E-state index contributed by atoms with van der Waals surface area (Å²) in [6.07, 6.45) is 11.7. The third kappa shape index (κ3) is 3.32. The Kier molecular flexibility index (Phi) is 4.86. The summed E-state index contributed by atoms with van der Waals surface area (Å²) < 4.78 is 0. The molecule has 2 saturated carbocycles. The molecule has 3 aromatic carbocycles. The molecular formula is C33H33N. The number of aromatic nitrogens is 1. The monoisotopic (exact) mass is 443 g/mol. The first kappa shape index (κ1) is 20.4. The minimum Gasteiger partial charge on any atom is -0.252 e. The summed E-state index contributed by atoms with van der Waals surface area (Å²) in [5.74, 6) is 1.34. The van der Waals surface area contributed by atoms with E-state index >= 15 is 0 Å². The number of rotatable bonds is 3. The number of pyridine rings is 1. The zero-order valence-electron chi connectivity index (χ0n) is 20.2. The van der Waals surface area contributed by atoms with Crippen molar-refractivity contribution < 1.29 is 0 Å². The van der Waals surface area contributed by atoms with Crippen LogP contribution in [0.3, 0.4) is 0 Å². The first-order valence-corrected chi connectivity index (χ1v) is 13.4. The van der Waals surface area contributed by atoms with E-state index in [4.69, 9.17) is 4.98 Å². The van der Waals surface area contributed by atoms with E-state index in [9.17, 15) is 0 Å². The van der Waals surface area contributed by atoms with E-state index in [2.05, 4.69) is 67.6 Å². The maximum atomic E-state index is 5.50. The number of benzene rings is 3. The highest BCUT2D eigenvalue weighted by atomic mass is 14.7. The summed E-state index contributed by atoms with van der Waals surface area (Å²) in [4.78, 5) is 5.50. The van der Waals surface area contributed by atoms with Gasteiger partial charge in [0.1, 0.15) is 0 Å². The zero-order chi connectivity index (χ0) is 22.6. The van der Waals surface area contributed by atoms with Crippen LogP contribution in [0.2, 0.25) is 0 Å². The minimum atomic E-state index is 0.618. The summed E-state index contributed by atoms with van der Waals surface area (Å²) in [6.45, 7) is 2.25. The van der Waals surface area contributed by atoms with E-state index < -0.39 is 0 Å². The number of hydrogen-bond donors (Lipinski definition) is 0. The summed E-state index contributed by atoms with van der Waals surface area (Å²) in [5.41, 5.74) is 12.5. The standard InChI is InChI=1S/C33H33N/c1-21-16-29-27-13-7-6-12-25(27)19-30(29)31(17-21)33-28-18-24(22-8-2-3-9-22)14-15-26(28)20-32(34-33)23-10-4-5-11-23/h6-7,12-18,20,22-23H,2-5,8-11,19H2,1H3. The fraction of sp³-hybridized carbons (Fsp3) is 0.364. The summed E-state index contributed by atoms with van der Waals surface area (Å²) in [6, 6.07) is 23.5. The highest BCUT2D eigenvalue weighted by molar-refractivity contribution is 5.98. The third-order valence-electron chi connectivity index (χ3n) is 8.80. The Morgan fingerprint density at radius 3 is 2.26 bits per heavy atom. The third-order valence-corrected chi connectivity index (χ3v) is 8.80. The average Bonchev–Trinajstić information content (AvgIpc) is 3.64. The van der Waals surface area contributed by atoms with E-state index in [0.29, 0.717) is 5.92 Å². The molecule has 7 rings (SSSR count). The van der Waals surface area contributed by atoms with E-state index in [-0.39, 0.29) is 0 Å². The predicted octanol–water partition coefficient (Wildman–Crippen LogP) is 9.10. The van der Waals surface area contributed by atoms with Crippen molar-refractivity contribution >= 4 is 10.8 Å². The Hall–Kier alpha value is -2.93. The lowest BCUT2D eigenvalue weighted by Gasteiger charge is -2.18. The van der Waals surface area contributed by atoms with Crippen LogP contribution in [0, 0.1) is 6.92 Å². The molecule has 4 aromatic rings. The van der Waals surface area contributed by atoms with Crippen LogP contribution in [-0.4, -0.2) is 4.98 Å². The van der Waals surface area contributed by atoms with Crippen molar-refractivity contribution in [3.8, 4) is 22.4 Å². The van der Waals surface area contributed by atoms with Crippen molar-refractivity contribution in [3.63, 3.8) is 0 Å². The maximum Gasteiger partial charge on any atom is 0.0787 e. The van der Waals surface area contributed by atoms with Gasteiger partial charge in [0.15, 0.2) is 0 Å². The molecule has 0 amide bonds. The molecule has 3 aliphatic rings. The van der Waals surface area contributed by atoms with Crippen molar-refractivity contribution in [2.24, 2.45) is 0 Å². The van der Waals surface area contributed by atoms with Crippen LogP contribution >= 0.6 is 0 Å². The minimum absolute atomic E-state index is 0.618. The van der Waals surface area contributed by atoms with Crippen molar-refractivity contribution in [3.05, 3.63) is 88.6 Å². The lowest BCUT2D eigenvalue weighted by molar-refractivity contribution is 0.700. The molecule has 1 nitrogen and oxygen atoms in total. The second-order valence-electron chi connectivity index (χ2n) is 11.0. The predicted molar refractivity (Wildman–Crippen MR) is 143 cm³/mol. The topological polar surface area (TPSA) is 12.9 Å². The number of hydrogen-bond acceptors (Lipinski definition) is 1. The number of fused-ring (bicyclic) bond motifs is 4. The second kappa shape index (κ2) is 8.08. The average molecular weight is 444 g/mol. The van der Waals surface area contributed by atoms with Gasteiger partial charge in [0.05, 0.1) is 5.69 Å². The quantitative estimate of drug-likeness (QED) is 0.271. The van der Waals surface area contributed by atoms with Gasteiger partial charge in [0.2, 0.25) is 0 Å². The molecule has 1 heterocycles. The van der Waals surface area contributed by atoms with Crippen LogP contribution in [0.5, 0.6) is 0 Å². The molecule has 1 aromatic heterocycles. The molecule has 0 radical (unpaired) electrons. The lowest BCUT2D eigenvalue weighted by atomic mass is 9.89. The second-order valence-corrected chi connectivity index (χ2v) is 11.0. The van der Waals surface area contributed by atoms with Crippen molar-refractivity contribution in [2.75, 3.05) is 0 Å². The molecule has 0 spiro atoms. The van der Waals surface area contributed by atoms with Gasteiger partial charge in [-0.05, 0) is 102 Å². The molecule has 0 N–H and O–H groups in total. The fourth-order valence-electron chi connectivity index (χ4n) is 7.02. The Morgan fingerprint density at radius 2 is 1.44 bits per heavy atom. The van der Waals surface area contributed by atoms with E-state index in [1.165, 1.54) is 112 Å². The van der Waals surface area contributed by atoms with Crippen LogP contribution in [-0.2, 0) is 6.42 Å². The SMILES string of the molecule is Cc1cc2c(c(-c3nc(C4CCCC4)cc4ccc(C5CCCC5)cc34)c1)Cc1ccccc1-2. The molecule has 3 aliphatic carbocycles. The van der Waals surface area contributed by atoms with Gasteiger partial charge in [0.25, 0.3) is 0 Å². The molecule has 0 atom stereocenters. The fourth-order valence-corrected chi connectivity index (χ4v) is 7.02. The Labute approximate surface area is 203 Å². The van der Waals surface area contributed by atoms with Gasteiger partial charge in [-0.1, -0.05) is 68.1 Å². The van der Waals surface area contributed by atoms with Crippen LogP contribution in [0.25, 0.3) is 33.2 Å². The van der Waals surface area contributed by atoms with E-state index in [0.717, 1.165) is 12.3 Å². The van der Waals surface area contributed by atoms with Gasteiger partial charge in [0, 0.05) is 22.6 Å². The Morgan fingerprint density at radius 1 is 0.706 bits per heavy atom. The van der Waals surface area contributed by atoms with Gasteiger partial charge in [-0.25, -0.2) is 0 Å². The molecule has 2 fully saturated rings. The molecule has 0 aliphatic heterocycles. The van der Waals surface area contributed by atoms with Crippen LogP contribution in [0.4, 0.5) is 0 Å². The van der Waals surface area contributed by atoms with E-state index in [1.807, 2.05) is 0 Å². The summed E-state index contributed by atoms with van der Waals surface area (Å²) in [7, 11) is 0. The Balaban J connectivity index is 1.47. The Bertz CT molecular complexity index is 1400. The molecule has 0 bridgehead atoms. The van der Waals surface area contributed by atoms with Crippen molar-refractivity contribution in [1.82, 2.24) is 4.98 Å². The molecule has 170 valence electrons. The van der Waals surface area contributed by atoms with E-state index in [1.54, 1.807) is 0 Å². The molecule has 0 saturated heterocycles. The van der Waals surface area contributed by atoms with Crippen LogP contribution in [0.15, 0.2) is 60.7 Å². The zero-order valence-corrected chi connectivity index (χ0v) is 20.2. The number of aryl methyl sites for hydroxylation is 1. The van der Waals surface area contributed by atoms with Gasteiger partial charge in [-0.2, -0.15) is 0 Å². The largest absolute Gasteiger partial charge is 0.252 e. The normalized spacial score (nSPS) is 18.0. The molecule has 0 unspecified atom stereocenters. The molecule has 1 heteroatoms. The molecule has 34 heavy (non-hydrogen) atoms. The van der Waals surface area contributed by atoms with Gasteiger partial charge < -0.3 is 0 Å². The maximum absolute atomic E-state index is 5.50. The van der Waals surface area contributed by atoms with Crippen molar-refractivity contribution in [2.45, 2.75) is 76.5 Å². The van der Waals surface area contributed by atoms with Gasteiger partial charge in [-0.15, -0.1) is 0 Å². The van der Waals surface area contributed by atoms with Gasteiger partial charge in [-0.3, -0.25) is 4.98 Å². The summed E-state index contributed by atoms with van der Waals surface area (Å²) in [5, 5.41) is 2.73. The smallest absolute Gasteiger partial charge is 0.0787 e. The first-order valence-electron chi connectivity index (χ1n) is 13.4. The molecular weight excluding hydrogens is 410 g/mol. The number of nitrogens with zero attached hydrogens (tertiary/aromatic N) is 1.